The predicted octanol–water partition coefficient (Wildman–Crippen LogP) is 1.60. The fourth-order valence-electron chi connectivity index (χ4n) is 2.72. The molecule has 8 heteroatoms. The quantitative estimate of drug-likeness (QED) is 0.483. The lowest BCUT2D eigenvalue weighted by atomic mass is 10.1. The molecule has 0 aliphatic heterocycles. The number of nitrogens with zero attached hydrogens (tertiary/aromatic N) is 5. The third-order valence-corrected chi connectivity index (χ3v) is 4.67. The lowest BCUT2D eigenvalue weighted by molar-refractivity contribution is 0.653. The van der Waals surface area contributed by atoms with Crippen LogP contribution in [0.25, 0.3) is 11.2 Å². The molecule has 3 rings (SSSR count). The fraction of sp³-hybridized carbons (Fsp3) is 0.222. The lowest BCUT2D eigenvalue weighted by Crippen LogP contribution is -2.40. The van der Waals surface area contributed by atoms with Gasteiger partial charge in [0, 0.05) is 7.05 Å². The van der Waals surface area contributed by atoms with E-state index in [-0.39, 0.29) is 24.3 Å². The molecule has 0 fully saturated rings. The molecule has 0 saturated carbocycles. The van der Waals surface area contributed by atoms with Crippen molar-refractivity contribution in [3.05, 3.63) is 61.0 Å². The van der Waals surface area contributed by atoms with Crippen molar-refractivity contribution in [3.63, 3.8) is 0 Å². The molecule has 0 amide bonds. The topological polar surface area (TPSA) is 85.6 Å². The van der Waals surface area contributed by atoms with Gasteiger partial charge in [0.1, 0.15) is 0 Å². The molecule has 3 aromatic rings. The van der Waals surface area contributed by atoms with Gasteiger partial charge in [0.15, 0.2) is 15.9 Å². The molecule has 7 nitrogen and oxygen atoms in total. The molecule has 2 heterocycles. The third-order valence-electron chi connectivity index (χ3n) is 4.07. The lowest BCUT2D eigenvalue weighted by Gasteiger charge is -2.10. The van der Waals surface area contributed by atoms with Gasteiger partial charge in [0.05, 0.1) is 24.7 Å². The molecule has 0 spiro atoms. The molecule has 0 aliphatic rings. The van der Waals surface area contributed by atoms with Crippen LogP contribution in [0.4, 0.5) is 0 Å². The highest BCUT2D eigenvalue weighted by molar-refractivity contribution is 9.10. The van der Waals surface area contributed by atoms with Crippen LogP contribution >= 0.6 is 15.9 Å². The van der Waals surface area contributed by atoms with Crippen LogP contribution in [0, 0.1) is 23.2 Å². The summed E-state index contributed by atoms with van der Waals surface area (Å²) >= 11 is 3.32. The summed E-state index contributed by atoms with van der Waals surface area (Å²) < 4.78 is 4.49. The van der Waals surface area contributed by atoms with Crippen molar-refractivity contribution in [2.45, 2.75) is 20.0 Å². The van der Waals surface area contributed by atoms with Crippen LogP contribution in [0.15, 0.2) is 38.6 Å². The van der Waals surface area contributed by atoms with Crippen LogP contribution in [0.3, 0.4) is 0 Å². The fourth-order valence-corrected chi connectivity index (χ4v) is 3.20. The summed E-state index contributed by atoms with van der Waals surface area (Å²) in [6, 6.07) is 8.97. The highest BCUT2D eigenvalue weighted by Crippen LogP contribution is 2.16. The molecule has 0 radical (unpaired) electrons. The second-order valence-electron chi connectivity index (χ2n) is 5.57. The van der Waals surface area contributed by atoms with Gasteiger partial charge in [-0.2, -0.15) is 5.26 Å². The van der Waals surface area contributed by atoms with Crippen molar-refractivity contribution in [1.82, 2.24) is 18.7 Å². The number of benzene rings is 1. The average molecular weight is 412 g/mol. The number of aromatic nitrogens is 4. The number of hydrogen-bond donors (Lipinski definition) is 0. The summed E-state index contributed by atoms with van der Waals surface area (Å²) in [5.74, 6) is 5.68. The van der Waals surface area contributed by atoms with Gasteiger partial charge < -0.3 is 4.57 Å². The zero-order chi connectivity index (χ0) is 18.8. The second-order valence-corrected chi connectivity index (χ2v) is 6.28. The van der Waals surface area contributed by atoms with Crippen molar-refractivity contribution in [3.8, 4) is 17.9 Å². The molecule has 0 saturated heterocycles. The number of halogens is 1. The molecule has 0 N–H and O–H groups in total. The Labute approximate surface area is 157 Å². The number of nitriles is 1. The van der Waals surface area contributed by atoms with E-state index in [1.807, 2.05) is 0 Å². The van der Waals surface area contributed by atoms with Gasteiger partial charge in [-0.25, -0.2) is 9.78 Å². The normalized spacial score (nSPS) is 10.4. The largest absolute Gasteiger partial charge is 0.332 e. The highest BCUT2D eigenvalue weighted by Gasteiger charge is 2.19. The maximum atomic E-state index is 13.0. The van der Waals surface area contributed by atoms with Gasteiger partial charge in [-0.3, -0.25) is 13.9 Å². The highest BCUT2D eigenvalue weighted by atomic mass is 79.9. The number of rotatable bonds is 3. The molecule has 1 aromatic carbocycles. The first-order valence-electron chi connectivity index (χ1n) is 7.72. The smallest absolute Gasteiger partial charge is 0.301 e. The van der Waals surface area contributed by atoms with Crippen LogP contribution in [0.1, 0.15) is 18.1 Å². The summed E-state index contributed by atoms with van der Waals surface area (Å²) in [6.45, 7) is 1.99. The first-order chi connectivity index (χ1) is 12.5. The minimum atomic E-state index is -0.492. The molecule has 0 bridgehead atoms. The van der Waals surface area contributed by atoms with Crippen molar-refractivity contribution in [2.24, 2.45) is 7.05 Å². The Morgan fingerprint density at radius 3 is 2.65 bits per heavy atom. The van der Waals surface area contributed by atoms with Crippen molar-refractivity contribution >= 4 is 27.1 Å². The van der Waals surface area contributed by atoms with E-state index in [4.69, 9.17) is 0 Å². The van der Waals surface area contributed by atoms with E-state index >= 15 is 0 Å². The van der Waals surface area contributed by atoms with Crippen molar-refractivity contribution in [1.29, 1.82) is 5.26 Å². The van der Waals surface area contributed by atoms with E-state index in [2.05, 4.69) is 38.8 Å². The van der Waals surface area contributed by atoms with Crippen LogP contribution in [0.2, 0.25) is 0 Å². The first kappa shape index (κ1) is 17.7. The molecule has 130 valence electrons. The van der Waals surface area contributed by atoms with Gasteiger partial charge in [0.2, 0.25) is 0 Å². The molecule has 26 heavy (non-hydrogen) atoms. The summed E-state index contributed by atoms with van der Waals surface area (Å²) in [7, 11) is 1.56. The number of fused-ring (bicyclic) bond motifs is 1. The Bertz CT molecular complexity index is 1230. The standard InChI is InChI=1S/C18H14BrN5O2/c1-3-4-9-23-14-15(21-17(23)19)22(2)18(26)24(16(14)25)11-13-8-6-5-7-12(13)10-20/h5-8H,9,11H2,1-2H3. The summed E-state index contributed by atoms with van der Waals surface area (Å²) in [5.41, 5.74) is 0.645. The molecule has 0 atom stereocenters. The Balaban J connectivity index is 2.30. The zero-order valence-electron chi connectivity index (χ0n) is 14.2. The summed E-state index contributed by atoms with van der Waals surface area (Å²) in [6.07, 6.45) is 0. The second kappa shape index (κ2) is 7.03. The average Bonchev–Trinajstić information content (AvgIpc) is 2.98. The first-order valence-corrected chi connectivity index (χ1v) is 8.52. The van der Waals surface area contributed by atoms with Crippen LogP contribution in [-0.4, -0.2) is 18.7 Å². The van der Waals surface area contributed by atoms with Gasteiger partial charge in [-0.05, 0) is 34.5 Å². The maximum Gasteiger partial charge on any atom is 0.332 e. The van der Waals surface area contributed by atoms with E-state index < -0.39 is 11.2 Å². The predicted molar refractivity (Wildman–Crippen MR) is 101 cm³/mol. The van der Waals surface area contributed by atoms with Gasteiger partial charge in [0.25, 0.3) is 5.56 Å². The van der Waals surface area contributed by atoms with Crippen LogP contribution < -0.4 is 11.2 Å². The van der Waals surface area contributed by atoms with Gasteiger partial charge >= 0.3 is 5.69 Å². The van der Waals surface area contributed by atoms with Crippen molar-refractivity contribution < 1.29 is 0 Å². The molecule has 0 aliphatic carbocycles. The third kappa shape index (κ3) is 2.85. The Kier molecular flexibility index (Phi) is 4.79. The number of hydrogen-bond acceptors (Lipinski definition) is 4. The van der Waals surface area contributed by atoms with E-state index in [9.17, 15) is 14.9 Å². The summed E-state index contributed by atoms with van der Waals surface area (Å²) in [4.78, 5) is 30.0. The van der Waals surface area contributed by atoms with Crippen molar-refractivity contribution in [2.75, 3.05) is 0 Å². The van der Waals surface area contributed by atoms with E-state index in [0.717, 1.165) is 4.57 Å². The molecular formula is C18H14BrN5O2. The zero-order valence-corrected chi connectivity index (χ0v) is 15.7. The SMILES string of the molecule is CC#CCn1c(Br)nc2c1c(=O)n(Cc1ccccc1C#N)c(=O)n2C. The van der Waals surface area contributed by atoms with E-state index in [1.54, 1.807) is 42.8 Å². The minimum Gasteiger partial charge on any atom is -0.301 e. The summed E-state index contributed by atoms with van der Waals surface area (Å²) in [5, 5.41) is 9.25. The Morgan fingerprint density at radius 1 is 1.23 bits per heavy atom. The monoisotopic (exact) mass is 411 g/mol. The number of imidazole rings is 1. The molecular weight excluding hydrogens is 398 g/mol. The molecule has 0 unspecified atom stereocenters. The van der Waals surface area contributed by atoms with Crippen LogP contribution in [-0.2, 0) is 20.1 Å². The molecule has 2 aromatic heterocycles. The van der Waals surface area contributed by atoms with E-state index in [1.165, 1.54) is 4.57 Å². The van der Waals surface area contributed by atoms with Gasteiger partial charge in [-0.15, -0.1) is 5.92 Å². The maximum absolute atomic E-state index is 13.0. The van der Waals surface area contributed by atoms with Gasteiger partial charge in [-0.1, -0.05) is 24.1 Å². The Morgan fingerprint density at radius 2 is 1.96 bits per heavy atom. The van der Waals surface area contributed by atoms with E-state index in [0.29, 0.717) is 15.9 Å². The minimum absolute atomic E-state index is 0.00738. The Hall–Kier alpha value is -3.10. The number of aryl methyl sites for hydroxylation is 1. The van der Waals surface area contributed by atoms with Crippen LogP contribution in [0.5, 0.6) is 0 Å².